The van der Waals surface area contributed by atoms with Crippen LogP contribution in [0.4, 0.5) is 30.6 Å². The largest absolute Gasteiger partial charge is 0.416 e. The van der Waals surface area contributed by atoms with E-state index < -0.39 is 21.8 Å². The van der Waals surface area contributed by atoms with E-state index in [2.05, 4.69) is 29.9 Å². The first-order chi connectivity index (χ1) is 19.3. The van der Waals surface area contributed by atoms with Gasteiger partial charge in [0.05, 0.1) is 17.5 Å². The molecule has 2 aromatic heterocycles. The molecule has 41 heavy (non-hydrogen) atoms. The van der Waals surface area contributed by atoms with Gasteiger partial charge in [0, 0.05) is 60.9 Å². The fourth-order valence-corrected chi connectivity index (χ4v) is 5.84. The number of alkyl halides is 3. The van der Waals surface area contributed by atoms with E-state index in [0.29, 0.717) is 42.4 Å². The number of sulfonamides is 1. The normalized spacial score (nSPS) is 19.6. The number of benzene rings is 1. The second-order valence-electron chi connectivity index (χ2n) is 10.6. The first-order valence-electron chi connectivity index (χ1n) is 13.1. The number of rotatable bonds is 6. The van der Waals surface area contributed by atoms with Gasteiger partial charge in [0.2, 0.25) is 16.0 Å². The molecule has 3 aromatic rings. The number of fused-ring (bicyclic) bond motifs is 1. The van der Waals surface area contributed by atoms with Crippen molar-refractivity contribution in [1.82, 2.24) is 24.8 Å². The summed E-state index contributed by atoms with van der Waals surface area (Å²) in [6.07, 6.45) is 1.28. The van der Waals surface area contributed by atoms with Crippen LogP contribution in [0.5, 0.6) is 0 Å². The molecule has 5 rings (SSSR count). The molecule has 1 amide bonds. The van der Waals surface area contributed by atoms with Crippen LogP contribution in [0.1, 0.15) is 52.5 Å². The zero-order valence-corrected chi connectivity index (χ0v) is 23.6. The summed E-state index contributed by atoms with van der Waals surface area (Å²) < 4.78 is 64.4. The number of piperidine rings is 1. The van der Waals surface area contributed by atoms with E-state index in [4.69, 9.17) is 0 Å². The average molecular weight is 590 g/mol. The van der Waals surface area contributed by atoms with Gasteiger partial charge in [0.15, 0.2) is 0 Å². The first kappa shape index (κ1) is 28.7. The molecule has 4 heterocycles. The molecule has 0 unspecified atom stereocenters. The number of hydrogen-bond donors (Lipinski definition) is 2. The average Bonchev–Trinajstić information content (AvgIpc) is 3.31. The van der Waals surface area contributed by atoms with Crippen molar-refractivity contribution in [2.75, 3.05) is 22.8 Å². The maximum absolute atomic E-state index is 13.2. The first-order valence-corrected chi connectivity index (χ1v) is 14.9. The Labute approximate surface area is 236 Å². The molecule has 1 saturated heterocycles. The molecule has 2 aliphatic rings. The second-order valence-corrected chi connectivity index (χ2v) is 12.3. The molecule has 1 fully saturated rings. The summed E-state index contributed by atoms with van der Waals surface area (Å²) in [6.45, 7) is 5.42. The fraction of sp³-hybridized carbons (Fsp3) is 0.407. The minimum Gasteiger partial charge on any atom is -0.336 e. The van der Waals surface area contributed by atoms with Gasteiger partial charge in [-0.25, -0.2) is 23.4 Å². The third kappa shape index (κ3) is 6.59. The molecular weight excluding hydrogens is 559 g/mol. The van der Waals surface area contributed by atoms with Crippen LogP contribution >= 0.6 is 0 Å². The number of halogens is 3. The Kier molecular flexibility index (Phi) is 7.64. The van der Waals surface area contributed by atoms with Crippen molar-refractivity contribution in [3.8, 4) is 0 Å². The number of pyridine rings is 1. The Morgan fingerprint density at radius 3 is 2.59 bits per heavy atom. The van der Waals surface area contributed by atoms with Gasteiger partial charge in [-0.3, -0.25) is 14.4 Å². The summed E-state index contributed by atoms with van der Waals surface area (Å²) >= 11 is 0. The Balaban J connectivity index is 1.21. The van der Waals surface area contributed by atoms with Crippen molar-refractivity contribution in [1.29, 1.82) is 0 Å². The number of anilines is 3. The van der Waals surface area contributed by atoms with Crippen molar-refractivity contribution >= 4 is 33.4 Å². The number of aromatic nitrogens is 3. The maximum atomic E-state index is 13.2. The van der Waals surface area contributed by atoms with Crippen molar-refractivity contribution < 1.29 is 26.4 Å². The minimum absolute atomic E-state index is 0.0459. The highest BCUT2D eigenvalue weighted by atomic mass is 32.2. The molecule has 2 aliphatic heterocycles. The number of nitrogens with zero attached hydrogens (tertiary/aromatic N) is 5. The lowest BCUT2D eigenvalue weighted by molar-refractivity contribution is -0.137. The van der Waals surface area contributed by atoms with Gasteiger partial charge < -0.3 is 10.2 Å². The minimum atomic E-state index is -4.40. The van der Waals surface area contributed by atoms with Gasteiger partial charge in [-0.2, -0.15) is 13.2 Å². The molecule has 2 N–H and O–H groups in total. The van der Waals surface area contributed by atoms with Crippen LogP contribution in [0.25, 0.3) is 0 Å². The van der Waals surface area contributed by atoms with Crippen LogP contribution < -0.4 is 10.0 Å². The molecular formula is C27H30F3N7O3S. The number of aryl methyl sites for hydroxylation is 1. The van der Waals surface area contributed by atoms with Crippen LogP contribution in [-0.2, 0) is 29.3 Å². The summed E-state index contributed by atoms with van der Waals surface area (Å²) in [5.41, 5.74) is 2.46. The van der Waals surface area contributed by atoms with Gasteiger partial charge in [-0.05, 0) is 62.6 Å². The van der Waals surface area contributed by atoms with Crippen LogP contribution in [0.15, 0.2) is 42.7 Å². The van der Waals surface area contributed by atoms with Crippen molar-refractivity contribution in [2.24, 2.45) is 0 Å². The fourth-order valence-electron chi connectivity index (χ4n) is 5.35. The molecule has 10 nitrogen and oxygen atoms in total. The maximum Gasteiger partial charge on any atom is 0.416 e. The lowest BCUT2D eigenvalue weighted by Gasteiger charge is -2.41. The van der Waals surface area contributed by atoms with E-state index in [-0.39, 0.29) is 23.8 Å². The third-order valence-corrected chi connectivity index (χ3v) is 7.98. The Morgan fingerprint density at radius 2 is 1.90 bits per heavy atom. The lowest BCUT2D eigenvalue weighted by atomic mass is 9.96. The van der Waals surface area contributed by atoms with Crippen molar-refractivity contribution in [3.05, 3.63) is 70.7 Å². The van der Waals surface area contributed by atoms with E-state index in [1.165, 1.54) is 18.3 Å². The van der Waals surface area contributed by atoms with Crippen LogP contribution in [-0.4, -0.2) is 64.0 Å². The molecule has 0 aliphatic carbocycles. The summed E-state index contributed by atoms with van der Waals surface area (Å²) in [6, 6.07) is 6.69. The monoisotopic (exact) mass is 589 g/mol. The topological polar surface area (TPSA) is 120 Å². The number of likely N-dealkylation sites (tertiary alicyclic amines) is 1. The summed E-state index contributed by atoms with van der Waals surface area (Å²) in [5, 5.41) is 3.04. The van der Waals surface area contributed by atoms with E-state index in [0.717, 1.165) is 42.5 Å². The van der Waals surface area contributed by atoms with Crippen LogP contribution in [0.2, 0.25) is 0 Å². The summed E-state index contributed by atoms with van der Waals surface area (Å²) in [4.78, 5) is 30.3. The standard InChI is InChI=1S/C27H30F3N7O3S/c1-16-10-20(27(28,29)30)4-5-22(16)33-26-32-13-19-14-36(15-23(19)34-26)21-7-9-37(17(2)11-21)25(38)18-6-8-31-24(12-18)35-41(3,39)40/h4-6,8,10,12-13,17,21H,7,9,11,14-15H2,1-3H3,(H,31,35)(H,32,33,34)/t17-,21+/m1/s1. The molecule has 14 heteroatoms. The van der Waals surface area contributed by atoms with Gasteiger partial charge in [0.25, 0.3) is 5.91 Å². The molecule has 2 atom stereocenters. The van der Waals surface area contributed by atoms with Gasteiger partial charge >= 0.3 is 6.18 Å². The van der Waals surface area contributed by atoms with Crippen LogP contribution in [0, 0.1) is 6.92 Å². The molecule has 0 saturated carbocycles. The van der Waals surface area contributed by atoms with Gasteiger partial charge in [-0.1, -0.05) is 0 Å². The zero-order chi connectivity index (χ0) is 29.5. The SMILES string of the molecule is Cc1cc(C(F)(F)F)ccc1Nc1ncc2c(n1)CN([C@H]1CCN(C(=O)c3ccnc(NS(C)(=O)=O)c3)[C@H](C)C1)C2. The highest BCUT2D eigenvalue weighted by Gasteiger charge is 2.35. The second kappa shape index (κ2) is 10.9. The molecule has 0 radical (unpaired) electrons. The van der Waals surface area contributed by atoms with Gasteiger partial charge in [-0.15, -0.1) is 0 Å². The quantitative estimate of drug-likeness (QED) is 0.436. The Bertz CT molecular complexity index is 1580. The van der Waals surface area contributed by atoms with Gasteiger partial charge in [0.1, 0.15) is 5.82 Å². The lowest BCUT2D eigenvalue weighted by Crippen LogP contribution is -2.50. The van der Waals surface area contributed by atoms with Crippen LogP contribution in [0.3, 0.4) is 0 Å². The predicted octanol–water partition coefficient (Wildman–Crippen LogP) is 4.32. The smallest absolute Gasteiger partial charge is 0.336 e. The number of carbonyl (C=O) groups is 1. The number of nitrogens with one attached hydrogen (secondary N) is 2. The summed E-state index contributed by atoms with van der Waals surface area (Å²) in [7, 11) is -3.52. The Hall–Kier alpha value is -3.78. The van der Waals surface area contributed by atoms with E-state index >= 15 is 0 Å². The van der Waals surface area contributed by atoms with Crippen molar-refractivity contribution in [3.63, 3.8) is 0 Å². The number of amides is 1. The summed E-state index contributed by atoms with van der Waals surface area (Å²) in [5.74, 6) is 0.239. The molecule has 0 spiro atoms. The van der Waals surface area contributed by atoms with E-state index in [1.807, 2.05) is 6.92 Å². The third-order valence-electron chi connectivity index (χ3n) is 7.40. The van der Waals surface area contributed by atoms with Crippen molar-refractivity contribution in [2.45, 2.75) is 58.0 Å². The molecule has 218 valence electrons. The Morgan fingerprint density at radius 1 is 1.12 bits per heavy atom. The highest BCUT2D eigenvalue weighted by molar-refractivity contribution is 7.92. The molecule has 0 bridgehead atoms. The zero-order valence-electron chi connectivity index (χ0n) is 22.7. The number of carbonyl (C=O) groups excluding carboxylic acids is 1. The molecule has 1 aromatic carbocycles. The highest BCUT2D eigenvalue weighted by Crippen LogP contribution is 2.33. The van der Waals surface area contributed by atoms with E-state index in [1.54, 1.807) is 24.1 Å². The predicted molar refractivity (Wildman–Crippen MR) is 147 cm³/mol. The van der Waals surface area contributed by atoms with E-state index in [9.17, 15) is 26.4 Å². The number of hydrogen-bond acceptors (Lipinski definition) is 8.